The standard InChI is InChI=1S/C19H37NO5S/c1-18(2)19(21)25-16-13-15-20(3,4)14-11-9-7-5-6-8-10-12-17-26(22,23)24/h1,5-17H2,2-4H3/p+1. The van der Waals surface area contributed by atoms with Crippen LogP contribution in [0.25, 0.3) is 0 Å². The monoisotopic (exact) mass is 392 g/mol. The lowest BCUT2D eigenvalue weighted by molar-refractivity contribution is -0.890. The number of hydrogen-bond donors (Lipinski definition) is 1. The molecule has 0 aromatic carbocycles. The summed E-state index contributed by atoms with van der Waals surface area (Å²) >= 11 is 0. The van der Waals surface area contributed by atoms with E-state index in [2.05, 4.69) is 20.7 Å². The van der Waals surface area contributed by atoms with Crippen molar-refractivity contribution in [2.75, 3.05) is 39.5 Å². The van der Waals surface area contributed by atoms with Gasteiger partial charge in [-0.1, -0.05) is 38.7 Å². The molecule has 0 atom stereocenters. The summed E-state index contributed by atoms with van der Waals surface area (Å²) in [4.78, 5) is 11.3. The second kappa shape index (κ2) is 13.3. The van der Waals surface area contributed by atoms with Gasteiger partial charge in [0.1, 0.15) is 0 Å². The molecule has 0 rings (SSSR count). The number of esters is 1. The Morgan fingerprint density at radius 1 is 0.923 bits per heavy atom. The zero-order chi connectivity index (χ0) is 20.1. The van der Waals surface area contributed by atoms with Gasteiger partial charge in [0.25, 0.3) is 10.1 Å². The quantitative estimate of drug-likeness (QED) is 0.143. The number of ether oxygens (including phenoxy) is 1. The van der Waals surface area contributed by atoms with Crippen LogP contribution in [-0.4, -0.2) is 63.0 Å². The highest BCUT2D eigenvalue weighted by Gasteiger charge is 2.14. The van der Waals surface area contributed by atoms with Gasteiger partial charge in [-0.15, -0.1) is 0 Å². The van der Waals surface area contributed by atoms with Gasteiger partial charge in [-0.3, -0.25) is 4.55 Å². The molecule has 0 aromatic rings. The largest absolute Gasteiger partial charge is 0.462 e. The molecular weight excluding hydrogens is 354 g/mol. The summed E-state index contributed by atoms with van der Waals surface area (Å²) in [5.41, 5.74) is 0.442. The van der Waals surface area contributed by atoms with E-state index in [0.717, 1.165) is 43.3 Å². The van der Waals surface area contributed by atoms with Gasteiger partial charge in [0.15, 0.2) is 0 Å². The van der Waals surface area contributed by atoms with Gasteiger partial charge in [-0.2, -0.15) is 8.42 Å². The Balaban J connectivity index is 3.52. The Bertz CT molecular complexity index is 514. The maximum atomic E-state index is 11.3. The van der Waals surface area contributed by atoms with Crippen LogP contribution in [0.5, 0.6) is 0 Å². The van der Waals surface area contributed by atoms with Gasteiger partial charge in [0.2, 0.25) is 0 Å². The average molecular weight is 393 g/mol. The third-order valence-corrected chi connectivity index (χ3v) is 5.21. The van der Waals surface area contributed by atoms with Crippen molar-refractivity contribution in [3.63, 3.8) is 0 Å². The van der Waals surface area contributed by atoms with Crippen LogP contribution in [0.15, 0.2) is 12.2 Å². The van der Waals surface area contributed by atoms with Gasteiger partial charge >= 0.3 is 5.97 Å². The molecule has 0 aliphatic heterocycles. The number of carbonyl (C=O) groups excluding carboxylic acids is 1. The van der Waals surface area contributed by atoms with Gasteiger partial charge in [-0.25, -0.2) is 4.79 Å². The molecule has 6 nitrogen and oxygen atoms in total. The zero-order valence-electron chi connectivity index (χ0n) is 16.8. The topological polar surface area (TPSA) is 80.7 Å². The van der Waals surface area contributed by atoms with Crippen molar-refractivity contribution in [2.45, 2.75) is 64.7 Å². The highest BCUT2D eigenvalue weighted by Crippen LogP contribution is 2.11. The van der Waals surface area contributed by atoms with Crippen molar-refractivity contribution in [1.82, 2.24) is 0 Å². The SMILES string of the molecule is C=C(C)C(=O)OCCC[N+](C)(C)CCCCCCCCCCS(=O)(=O)O. The smallest absolute Gasteiger partial charge is 0.333 e. The molecule has 0 amide bonds. The Morgan fingerprint density at radius 2 is 1.38 bits per heavy atom. The van der Waals surface area contributed by atoms with E-state index in [-0.39, 0.29) is 11.7 Å². The fourth-order valence-electron chi connectivity index (χ4n) is 2.78. The lowest BCUT2D eigenvalue weighted by Crippen LogP contribution is -2.41. The second-order valence-electron chi connectivity index (χ2n) is 7.77. The Labute approximate surface area is 159 Å². The number of hydrogen-bond acceptors (Lipinski definition) is 4. The van der Waals surface area contributed by atoms with Crippen molar-refractivity contribution in [2.24, 2.45) is 0 Å². The molecule has 0 heterocycles. The molecule has 1 N–H and O–H groups in total. The molecule has 0 radical (unpaired) electrons. The predicted molar refractivity (Wildman–Crippen MR) is 106 cm³/mol. The molecule has 0 saturated carbocycles. The lowest BCUT2D eigenvalue weighted by atomic mass is 10.1. The summed E-state index contributed by atoms with van der Waals surface area (Å²) in [6.07, 6.45) is 9.18. The molecule has 0 aromatic heterocycles. The predicted octanol–water partition coefficient (Wildman–Crippen LogP) is 3.58. The van der Waals surface area contributed by atoms with E-state index in [0.29, 0.717) is 18.6 Å². The van der Waals surface area contributed by atoms with Crippen LogP contribution < -0.4 is 0 Å². The fourth-order valence-corrected chi connectivity index (χ4v) is 3.35. The molecule has 0 fully saturated rings. The van der Waals surface area contributed by atoms with Crippen LogP contribution in [0.2, 0.25) is 0 Å². The summed E-state index contributed by atoms with van der Waals surface area (Å²) in [6.45, 7) is 7.77. The van der Waals surface area contributed by atoms with Crippen LogP contribution in [0.4, 0.5) is 0 Å². The first-order valence-electron chi connectivity index (χ1n) is 9.63. The van der Waals surface area contributed by atoms with E-state index >= 15 is 0 Å². The summed E-state index contributed by atoms with van der Waals surface area (Å²) < 4.78 is 35.9. The van der Waals surface area contributed by atoms with Crippen LogP contribution in [0.1, 0.15) is 64.7 Å². The van der Waals surface area contributed by atoms with E-state index in [9.17, 15) is 13.2 Å². The zero-order valence-corrected chi connectivity index (χ0v) is 17.7. The van der Waals surface area contributed by atoms with Crippen LogP contribution in [-0.2, 0) is 19.6 Å². The van der Waals surface area contributed by atoms with E-state index in [1.54, 1.807) is 6.92 Å². The highest BCUT2D eigenvalue weighted by molar-refractivity contribution is 7.85. The van der Waals surface area contributed by atoms with Crippen LogP contribution in [0, 0.1) is 0 Å². The Hall–Kier alpha value is -0.920. The van der Waals surface area contributed by atoms with Crippen molar-refractivity contribution in [1.29, 1.82) is 0 Å². The first kappa shape index (κ1) is 25.1. The average Bonchev–Trinajstić information content (AvgIpc) is 2.52. The second-order valence-corrected chi connectivity index (χ2v) is 9.34. The first-order valence-corrected chi connectivity index (χ1v) is 11.2. The summed E-state index contributed by atoms with van der Waals surface area (Å²) in [5, 5.41) is 0. The molecule has 26 heavy (non-hydrogen) atoms. The minimum Gasteiger partial charge on any atom is -0.462 e. The number of unbranched alkanes of at least 4 members (excludes halogenated alkanes) is 7. The van der Waals surface area contributed by atoms with Crippen molar-refractivity contribution in [3.05, 3.63) is 12.2 Å². The van der Waals surface area contributed by atoms with E-state index in [1.807, 2.05) is 0 Å². The molecule has 7 heteroatoms. The highest BCUT2D eigenvalue weighted by atomic mass is 32.2. The van der Waals surface area contributed by atoms with Gasteiger partial charge < -0.3 is 9.22 Å². The van der Waals surface area contributed by atoms with Crippen LogP contribution in [0.3, 0.4) is 0 Å². The van der Waals surface area contributed by atoms with E-state index in [1.165, 1.54) is 25.7 Å². The minimum atomic E-state index is -3.79. The third-order valence-electron chi connectivity index (χ3n) is 4.41. The summed E-state index contributed by atoms with van der Waals surface area (Å²) in [7, 11) is 0.619. The number of quaternary nitrogens is 1. The number of nitrogens with zero attached hydrogens (tertiary/aromatic N) is 1. The molecule has 0 spiro atoms. The van der Waals surface area contributed by atoms with Gasteiger partial charge in [0, 0.05) is 12.0 Å². The van der Waals surface area contributed by atoms with Gasteiger partial charge in [-0.05, 0) is 26.2 Å². The lowest BCUT2D eigenvalue weighted by Gasteiger charge is -2.29. The molecule has 0 aliphatic carbocycles. The Morgan fingerprint density at radius 3 is 1.88 bits per heavy atom. The normalized spacial score (nSPS) is 12.2. The number of rotatable bonds is 16. The summed E-state index contributed by atoms with van der Waals surface area (Å²) in [5.74, 6) is -0.430. The fraction of sp³-hybridized carbons (Fsp3) is 0.842. The van der Waals surface area contributed by atoms with E-state index < -0.39 is 10.1 Å². The molecular formula is C19H38NO5S+. The summed E-state index contributed by atoms with van der Waals surface area (Å²) in [6, 6.07) is 0. The minimum absolute atomic E-state index is 0.119. The molecule has 0 bridgehead atoms. The van der Waals surface area contributed by atoms with Gasteiger partial charge in [0.05, 0.1) is 39.5 Å². The molecule has 0 saturated heterocycles. The van der Waals surface area contributed by atoms with Crippen molar-refractivity contribution >= 4 is 16.1 Å². The van der Waals surface area contributed by atoms with Crippen LogP contribution >= 0.6 is 0 Å². The van der Waals surface area contributed by atoms with Crippen molar-refractivity contribution in [3.8, 4) is 0 Å². The molecule has 0 unspecified atom stereocenters. The van der Waals surface area contributed by atoms with E-state index in [4.69, 9.17) is 9.29 Å². The Kier molecular flexibility index (Phi) is 12.8. The number of carbonyl (C=O) groups is 1. The third kappa shape index (κ3) is 16.5. The first-order chi connectivity index (χ1) is 12.0. The molecule has 154 valence electrons. The van der Waals surface area contributed by atoms with Crippen molar-refractivity contribution < 1.29 is 27.0 Å². The maximum Gasteiger partial charge on any atom is 0.333 e. The molecule has 0 aliphatic rings. The maximum absolute atomic E-state index is 11.3.